The third kappa shape index (κ3) is 3.55. The Bertz CT molecular complexity index is 548. The van der Waals surface area contributed by atoms with Gasteiger partial charge in [0.05, 0.1) is 0 Å². The molecule has 2 aliphatic heterocycles. The predicted molar refractivity (Wildman–Crippen MR) is 79.1 cm³/mol. The second kappa shape index (κ2) is 6.44. The fourth-order valence-electron chi connectivity index (χ4n) is 2.40. The number of piperazine rings is 2. The van der Waals surface area contributed by atoms with Crippen molar-refractivity contribution in [2.24, 2.45) is 0 Å². The van der Waals surface area contributed by atoms with Gasteiger partial charge in [-0.1, -0.05) is 0 Å². The second-order valence-corrected chi connectivity index (χ2v) is 9.32. The third-order valence-electron chi connectivity index (χ3n) is 3.71. The molecule has 2 rings (SSSR count). The summed E-state index contributed by atoms with van der Waals surface area (Å²) in [5.74, 6) is 0. The summed E-state index contributed by atoms with van der Waals surface area (Å²) in [6.45, 7) is 2.97. The van der Waals surface area contributed by atoms with E-state index < -0.39 is 20.4 Å². The monoisotopic (exact) mass is 341 g/mol. The molecule has 0 aliphatic carbocycles. The Kier molecular flexibility index (Phi) is 5.23. The van der Waals surface area contributed by atoms with Crippen LogP contribution in [-0.2, 0) is 20.4 Å². The molecule has 21 heavy (non-hydrogen) atoms. The fraction of sp³-hybridized carbons (Fsp3) is 1.00. The number of hydrogen-bond donors (Lipinski definition) is 1. The minimum atomic E-state index is -3.48. The zero-order chi connectivity index (χ0) is 15.7. The van der Waals surface area contributed by atoms with Crippen LogP contribution in [0, 0.1) is 0 Å². The topological polar surface area (TPSA) is 93.3 Å². The minimum Gasteiger partial charge on any atom is -0.314 e. The largest absolute Gasteiger partial charge is 0.314 e. The molecule has 0 saturated carbocycles. The smallest absolute Gasteiger partial charge is 0.282 e. The Morgan fingerprint density at radius 1 is 0.762 bits per heavy atom. The molecule has 0 aromatic carbocycles. The molecule has 0 amide bonds. The van der Waals surface area contributed by atoms with Gasteiger partial charge in [-0.2, -0.15) is 34.1 Å². The molecular formula is C10H23N5O4S2. The van der Waals surface area contributed by atoms with Crippen molar-refractivity contribution in [2.45, 2.75) is 0 Å². The van der Waals surface area contributed by atoms with E-state index in [2.05, 4.69) is 5.32 Å². The molecule has 124 valence electrons. The molecule has 0 atom stereocenters. The quantitative estimate of drug-likeness (QED) is 0.613. The van der Waals surface area contributed by atoms with Crippen molar-refractivity contribution in [3.05, 3.63) is 0 Å². The summed E-state index contributed by atoms with van der Waals surface area (Å²) in [7, 11) is -4.01. The zero-order valence-corrected chi connectivity index (χ0v) is 14.0. The number of hydrogen-bond acceptors (Lipinski definition) is 5. The molecule has 0 unspecified atom stereocenters. The predicted octanol–water partition coefficient (Wildman–Crippen LogP) is -2.44. The van der Waals surface area contributed by atoms with E-state index in [-0.39, 0.29) is 26.2 Å². The van der Waals surface area contributed by atoms with Gasteiger partial charge in [0.2, 0.25) is 0 Å². The van der Waals surface area contributed by atoms with Crippen molar-refractivity contribution in [3.63, 3.8) is 0 Å². The number of nitrogens with zero attached hydrogens (tertiary/aromatic N) is 4. The Balaban J connectivity index is 2.00. The summed E-state index contributed by atoms with van der Waals surface area (Å²) >= 11 is 0. The first-order valence-electron chi connectivity index (χ1n) is 6.90. The summed E-state index contributed by atoms with van der Waals surface area (Å²) in [6.07, 6.45) is 0. The lowest BCUT2D eigenvalue weighted by Crippen LogP contribution is -2.57. The summed E-state index contributed by atoms with van der Waals surface area (Å²) in [5.41, 5.74) is 0. The van der Waals surface area contributed by atoms with E-state index in [0.29, 0.717) is 26.2 Å². The Morgan fingerprint density at radius 3 is 1.67 bits per heavy atom. The maximum atomic E-state index is 12.5. The van der Waals surface area contributed by atoms with Gasteiger partial charge in [0.1, 0.15) is 0 Å². The van der Waals surface area contributed by atoms with E-state index in [9.17, 15) is 16.8 Å². The van der Waals surface area contributed by atoms with Gasteiger partial charge in [0.15, 0.2) is 0 Å². The molecule has 0 aromatic heterocycles. The van der Waals surface area contributed by atoms with Gasteiger partial charge in [0, 0.05) is 66.5 Å². The molecule has 2 fully saturated rings. The highest BCUT2D eigenvalue weighted by Crippen LogP contribution is 2.15. The van der Waals surface area contributed by atoms with E-state index in [1.54, 1.807) is 0 Å². The number of rotatable bonds is 4. The lowest BCUT2D eigenvalue weighted by Gasteiger charge is -2.37. The van der Waals surface area contributed by atoms with Gasteiger partial charge >= 0.3 is 0 Å². The Morgan fingerprint density at radius 2 is 1.19 bits per heavy atom. The van der Waals surface area contributed by atoms with Gasteiger partial charge in [-0.25, -0.2) is 0 Å². The van der Waals surface area contributed by atoms with Crippen LogP contribution >= 0.6 is 0 Å². The van der Waals surface area contributed by atoms with Crippen molar-refractivity contribution < 1.29 is 16.8 Å². The van der Waals surface area contributed by atoms with E-state index in [4.69, 9.17) is 0 Å². The Labute approximate surface area is 126 Å². The van der Waals surface area contributed by atoms with Crippen LogP contribution in [0.25, 0.3) is 0 Å². The second-order valence-electron chi connectivity index (χ2n) is 5.25. The molecule has 0 bridgehead atoms. The molecule has 9 nitrogen and oxygen atoms in total. The fourth-order valence-corrected chi connectivity index (χ4v) is 5.08. The molecule has 2 saturated heterocycles. The Hall–Kier alpha value is -0.300. The average Bonchev–Trinajstić information content (AvgIpc) is 2.48. The van der Waals surface area contributed by atoms with Crippen molar-refractivity contribution >= 4 is 20.4 Å². The van der Waals surface area contributed by atoms with Crippen LogP contribution in [0.4, 0.5) is 0 Å². The molecule has 2 heterocycles. The first-order valence-corrected chi connectivity index (χ1v) is 9.69. The highest BCUT2D eigenvalue weighted by Gasteiger charge is 2.36. The highest BCUT2D eigenvalue weighted by atomic mass is 32.2. The third-order valence-corrected chi connectivity index (χ3v) is 7.69. The summed E-state index contributed by atoms with van der Waals surface area (Å²) in [4.78, 5) is 0. The molecule has 11 heteroatoms. The van der Waals surface area contributed by atoms with Crippen LogP contribution in [0.1, 0.15) is 0 Å². The standard InChI is InChI=1S/C10H23N5O4S2/c1-12(2)20(16,17)14-7-9-15(10-8-14)21(18,19)13-5-3-11-4-6-13/h11H,3-10H2,1-2H3. The maximum absolute atomic E-state index is 12.5. The summed E-state index contributed by atoms with van der Waals surface area (Å²) in [6, 6.07) is 0. The lowest BCUT2D eigenvalue weighted by atomic mass is 10.4. The maximum Gasteiger partial charge on any atom is 0.282 e. The van der Waals surface area contributed by atoms with Crippen LogP contribution in [0.3, 0.4) is 0 Å². The molecule has 0 aromatic rings. The first kappa shape index (κ1) is 17.1. The highest BCUT2D eigenvalue weighted by molar-refractivity contribution is 7.87. The molecule has 0 spiro atoms. The molecule has 1 N–H and O–H groups in total. The van der Waals surface area contributed by atoms with Gasteiger partial charge in [-0.05, 0) is 0 Å². The van der Waals surface area contributed by atoms with E-state index in [0.717, 1.165) is 4.31 Å². The van der Waals surface area contributed by atoms with Crippen LogP contribution in [-0.4, -0.2) is 101 Å². The number of nitrogens with one attached hydrogen (secondary N) is 1. The summed E-state index contributed by atoms with van der Waals surface area (Å²) < 4.78 is 54.3. The van der Waals surface area contributed by atoms with Gasteiger partial charge in [-0.15, -0.1) is 0 Å². The van der Waals surface area contributed by atoms with Crippen LogP contribution in [0.5, 0.6) is 0 Å². The molecular weight excluding hydrogens is 318 g/mol. The zero-order valence-electron chi connectivity index (χ0n) is 12.4. The van der Waals surface area contributed by atoms with Crippen LogP contribution in [0.15, 0.2) is 0 Å². The molecule has 0 radical (unpaired) electrons. The van der Waals surface area contributed by atoms with E-state index in [1.165, 1.54) is 27.0 Å². The SMILES string of the molecule is CN(C)S(=O)(=O)N1CCN(S(=O)(=O)N2CCNCC2)CC1. The van der Waals surface area contributed by atoms with Gasteiger partial charge in [0.25, 0.3) is 20.4 Å². The minimum absolute atomic E-state index is 0.186. The van der Waals surface area contributed by atoms with Crippen LogP contribution < -0.4 is 5.32 Å². The first-order chi connectivity index (χ1) is 9.76. The van der Waals surface area contributed by atoms with Crippen molar-refractivity contribution in [1.82, 2.24) is 22.5 Å². The van der Waals surface area contributed by atoms with E-state index >= 15 is 0 Å². The van der Waals surface area contributed by atoms with Crippen molar-refractivity contribution in [1.29, 1.82) is 0 Å². The van der Waals surface area contributed by atoms with Crippen molar-refractivity contribution in [3.8, 4) is 0 Å². The molecule has 2 aliphatic rings. The lowest BCUT2D eigenvalue weighted by molar-refractivity contribution is 0.241. The average molecular weight is 341 g/mol. The van der Waals surface area contributed by atoms with Crippen molar-refractivity contribution in [2.75, 3.05) is 66.5 Å². The van der Waals surface area contributed by atoms with E-state index in [1.807, 2.05) is 0 Å². The van der Waals surface area contributed by atoms with Crippen LogP contribution in [0.2, 0.25) is 0 Å². The van der Waals surface area contributed by atoms with Gasteiger partial charge < -0.3 is 5.32 Å². The normalized spacial score (nSPS) is 24.5. The van der Waals surface area contributed by atoms with Gasteiger partial charge in [-0.3, -0.25) is 0 Å². The summed E-state index contributed by atoms with van der Waals surface area (Å²) in [5, 5.41) is 3.11.